The second-order valence-electron chi connectivity index (χ2n) is 3.73. The van der Waals surface area contributed by atoms with Gasteiger partial charge >= 0.3 is 7.82 Å². The van der Waals surface area contributed by atoms with Crippen LogP contribution in [0.4, 0.5) is 0 Å². The zero-order chi connectivity index (χ0) is 12.3. The Labute approximate surface area is 92.7 Å². The van der Waals surface area contributed by atoms with Crippen LogP contribution in [0.2, 0.25) is 0 Å². The van der Waals surface area contributed by atoms with E-state index < -0.39 is 7.82 Å². The van der Waals surface area contributed by atoms with Gasteiger partial charge in [-0.15, -0.1) is 0 Å². The first-order valence-corrected chi connectivity index (χ1v) is 6.63. The molecule has 0 unspecified atom stereocenters. The summed E-state index contributed by atoms with van der Waals surface area (Å²) in [5.41, 5.74) is 0. The molecule has 2 N–H and O–H groups in total. The van der Waals surface area contributed by atoms with Crippen molar-refractivity contribution in [1.29, 1.82) is 0 Å². The molecule has 15 heavy (non-hydrogen) atoms. The third-order valence-electron chi connectivity index (χ3n) is 1.26. The lowest BCUT2D eigenvalue weighted by Gasteiger charge is -2.03. The normalized spacial score (nSPS) is 11.1. The van der Waals surface area contributed by atoms with Crippen LogP contribution in [-0.2, 0) is 9.09 Å². The van der Waals surface area contributed by atoms with Crippen molar-refractivity contribution in [3.05, 3.63) is 0 Å². The van der Waals surface area contributed by atoms with Gasteiger partial charge < -0.3 is 14.7 Å². The summed E-state index contributed by atoms with van der Waals surface area (Å²) in [6, 6.07) is 0. The van der Waals surface area contributed by atoms with Crippen molar-refractivity contribution in [2.24, 2.45) is 0 Å². The molecule has 0 aliphatic rings. The van der Waals surface area contributed by atoms with Gasteiger partial charge in [-0.25, -0.2) is 4.57 Å². The zero-order valence-corrected chi connectivity index (χ0v) is 11.0. The highest BCUT2D eigenvalue weighted by atomic mass is 31.2. The number of hydrogen-bond acceptors (Lipinski definition) is 3. The zero-order valence-electron chi connectivity index (χ0n) is 10.1. The molecule has 0 rings (SSSR count). The maximum atomic E-state index is 10.1. The quantitative estimate of drug-likeness (QED) is 0.548. The number of nitrogens with zero attached hydrogens (tertiary/aromatic N) is 1. The lowest BCUT2D eigenvalue weighted by molar-refractivity contribution is 0.193. The molecule has 0 aromatic rings. The Morgan fingerprint density at radius 2 is 1.60 bits per heavy atom. The van der Waals surface area contributed by atoms with Crippen molar-refractivity contribution in [2.75, 3.05) is 27.7 Å². The Hall–Kier alpha value is 0.0700. The lowest BCUT2D eigenvalue weighted by atomic mass is 10.2. The Morgan fingerprint density at radius 1 is 1.13 bits per heavy atom. The molecule has 0 fully saturated rings. The summed E-state index contributed by atoms with van der Waals surface area (Å²) < 4.78 is 14.4. The van der Waals surface area contributed by atoms with Gasteiger partial charge in [-0.2, -0.15) is 0 Å². The van der Waals surface area contributed by atoms with Gasteiger partial charge in [0, 0.05) is 0 Å². The third-order valence-corrected chi connectivity index (χ3v) is 1.78. The number of unbranched alkanes of at least 4 members (excludes halogenated alkanes) is 3. The third kappa shape index (κ3) is 31.5. The van der Waals surface area contributed by atoms with Crippen molar-refractivity contribution in [3.63, 3.8) is 0 Å². The molecule has 5 nitrogen and oxygen atoms in total. The molecule has 0 radical (unpaired) electrons. The maximum Gasteiger partial charge on any atom is 0.469 e. The monoisotopic (exact) mass is 241 g/mol. The van der Waals surface area contributed by atoms with Crippen molar-refractivity contribution in [2.45, 2.75) is 32.6 Å². The van der Waals surface area contributed by atoms with E-state index in [-0.39, 0.29) is 6.61 Å². The van der Waals surface area contributed by atoms with Gasteiger partial charge in [-0.05, 0) is 27.6 Å². The Bertz CT molecular complexity index is 167. The van der Waals surface area contributed by atoms with Gasteiger partial charge in [-0.1, -0.05) is 26.2 Å². The first-order chi connectivity index (χ1) is 6.79. The van der Waals surface area contributed by atoms with Crippen LogP contribution >= 0.6 is 7.82 Å². The van der Waals surface area contributed by atoms with E-state index in [0.29, 0.717) is 0 Å². The summed E-state index contributed by atoms with van der Waals surface area (Å²) in [5.74, 6) is 0. The SMILES string of the molecule is CCCCCCOP(=O)(O)O.CN(C)C. The van der Waals surface area contributed by atoms with Crippen molar-refractivity contribution in [3.8, 4) is 0 Å². The summed E-state index contributed by atoms with van der Waals surface area (Å²) >= 11 is 0. The number of rotatable bonds is 6. The fourth-order valence-electron chi connectivity index (χ4n) is 0.712. The van der Waals surface area contributed by atoms with E-state index in [1.165, 1.54) is 0 Å². The van der Waals surface area contributed by atoms with Crippen LogP contribution < -0.4 is 0 Å². The summed E-state index contributed by atoms with van der Waals surface area (Å²) in [5, 5.41) is 0. The molecule has 0 atom stereocenters. The van der Waals surface area contributed by atoms with E-state index in [1.54, 1.807) is 0 Å². The molecule has 0 bridgehead atoms. The van der Waals surface area contributed by atoms with Crippen LogP contribution in [0.15, 0.2) is 0 Å². The maximum absolute atomic E-state index is 10.1. The highest BCUT2D eigenvalue weighted by molar-refractivity contribution is 7.46. The second kappa shape index (κ2) is 10.6. The van der Waals surface area contributed by atoms with Crippen molar-refractivity contribution in [1.82, 2.24) is 4.90 Å². The summed E-state index contributed by atoms with van der Waals surface area (Å²) in [6.45, 7) is 2.23. The van der Waals surface area contributed by atoms with E-state index in [1.807, 2.05) is 26.0 Å². The average Bonchev–Trinajstić information content (AvgIpc) is 2.01. The predicted octanol–water partition coefficient (Wildman–Crippen LogP) is 1.85. The topological polar surface area (TPSA) is 70.0 Å². The van der Waals surface area contributed by atoms with E-state index >= 15 is 0 Å². The first kappa shape index (κ1) is 17.5. The van der Waals surface area contributed by atoms with Gasteiger partial charge in [0.1, 0.15) is 0 Å². The highest BCUT2D eigenvalue weighted by Gasteiger charge is 2.11. The molecule has 0 aromatic heterocycles. The predicted molar refractivity (Wildman–Crippen MR) is 61.7 cm³/mol. The Kier molecular flexibility index (Phi) is 12.3. The summed E-state index contributed by atoms with van der Waals surface area (Å²) in [7, 11) is 1.79. The van der Waals surface area contributed by atoms with Crippen LogP contribution in [0.1, 0.15) is 32.6 Å². The molecule has 94 valence electrons. The molecular formula is C9H24NO4P. The van der Waals surface area contributed by atoms with Crippen LogP contribution in [0.3, 0.4) is 0 Å². The molecule has 0 heterocycles. The minimum atomic E-state index is -4.21. The molecule has 0 saturated carbocycles. The largest absolute Gasteiger partial charge is 0.469 e. The smallest absolute Gasteiger partial charge is 0.312 e. The van der Waals surface area contributed by atoms with E-state index in [2.05, 4.69) is 11.4 Å². The van der Waals surface area contributed by atoms with Crippen LogP contribution in [-0.4, -0.2) is 42.4 Å². The molecule has 0 saturated heterocycles. The highest BCUT2D eigenvalue weighted by Crippen LogP contribution is 2.35. The van der Waals surface area contributed by atoms with E-state index in [9.17, 15) is 4.57 Å². The first-order valence-electron chi connectivity index (χ1n) is 5.10. The molecular weight excluding hydrogens is 217 g/mol. The number of phosphoric acid groups is 1. The minimum absolute atomic E-state index is 0.157. The van der Waals surface area contributed by atoms with Crippen LogP contribution in [0, 0.1) is 0 Å². The Balaban J connectivity index is 0. The summed E-state index contributed by atoms with van der Waals surface area (Å²) in [4.78, 5) is 18.5. The van der Waals surface area contributed by atoms with Gasteiger partial charge in [0.15, 0.2) is 0 Å². The van der Waals surface area contributed by atoms with Crippen molar-refractivity contribution >= 4 is 7.82 Å². The van der Waals surface area contributed by atoms with Gasteiger partial charge in [0.25, 0.3) is 0 Å². The number of phosphoric ester groups is 1. The minimum Gasteiger partial charge on any atom is -0.312 e. The van der Waals surface area contributed by atoms with E-state index in [4.69, 9.17) is 9.79 Å². The van der Waals surface area contributed by atoms with Gasteiger partial charge in [-0.3, -0.25) is 4.52 Å². The molecule has 0 aliphatic carbocycles. The number of hydrogen-bond donors (Lipinski definition) is 2. The Morgan fingerprint density at radius 3 is 1.93 bits per heavy atom. The second-order valence-corrected chi connectivity index (χ2v) is 4.97. The van der Waals surface area contributed by atoms with Crippen LogP contribution in [0.5, 0.6) is 0 Å². The fourth-order valence-corrected chi connectivity index (χ4v) is 1.08. The summed E-state index contributed by atoms with van der Waals surface area (Å²) in [6.07, 6.45) is 3.88. The van der Waals surface area contributed by atoms with Crippen molar-refractivity contribution < 1.29 is 18.9 Å². The molecule has 0 amide bonds. The van der Waals surface area contributed by atoms with E-state index in [0.717, 1.165) is 25.7 Å². The molecule has 0 spiro atoms. The lowest BCUT2D eigenvalue weighted by Crippen LogP contribution is -1.99. The van der Waals surface area contributed by atoms with Crippen LogP contribution in [0.25, 0.3) is 0 Å². The average molecular weight is 241 g/mol. The molecule has 0 aromatic carbocycles. The molecule has 6 heteroatoms. The fraction of sp³-hybridized carbons (Fsp3) is 1.00. The van der Waals surface area contributed by atoms with Gasteiger partial charge in [0.2, 0.25) is 0 Å². The van der Waals surface area contributed by atoms with Gasteiger partial charge in [0.05, 0.1) is 6.61 Å². The molecule has 0 aliphatic heterocycles. The standard InChI is InChI=1S/C6H15O4P.C3H9N/c1-2-3-4-5-6-10-11(7,8)9;1-4(2)3/h2-6H2,1H3,(H2,7,8,9);1-3H3.